The molecule has 0 saturated carbocycles. The van der Waals surface area contributed by atoms with Gasteiger partial charge in [-0.05, 0) is 36.8 Å². The van der Waals surface area contributed by atoms with Crippen LogP contribution in [0.25, 0.3) is 0 Å². The third kappa shape index (κ3) is 5.03. The van der Waals surface area contributed by atoms with Crippen molar-refractivity contribution in [3.8, 4) is 5.75 Å². The molecule has 2 aromatic rings. The molecule has 0 fully saturated rings. The fourth-order valence-corrected chi connectivity index (χ4v) is 4.65. The van der Waals surface area contributed by atoms with Crippen LogP contribution in [0.1, 0.15) is 13.3 Å². The van der Waals surface area contributed by atoms with E-state index in [1.807, 2.05) is 0 Å². The van der Waals surface area contributed by atoms with Crippen LogP contribution in [0.4, 0.5) is 11.4 Å². The second-order valence-electron chi connectivity index (χ2n) is 5.37. The van der Waals surface area contributed by atoms with Crippen molar-refractivity contribution in [3.05, 3.63) is 47.5 Å². The van der Waals surface area contributed by atoms with Gasteiger partial charge in [-0.2, -0.15) is 0 Å². The van der Waals surface area contributed by atoms with Crippen LogP contribution in [0, 0.1) is 0 Å². The standard InChI is InChI=1S/C16H19ClN2O5S2/c1-3-10-25(20,21)18-15-11-12(8-9-16(15)24-2)26(22,23)19-14-7-5-4-6-13(14)17/h4-9,11,18-19H,3,10H2,1-2H3. The van der Waals surface area contributed by atoms with Crippen LogP contribution in [-0.4, -0.2) is 29.7 Å². The highest BCUT2D eigenvalue weighted by molar-refractivity contribution is 7.93. The molecule has 0 atom stereocenters. The van der Waals surface area contributed by atoms with Gasteiger partial charge in [0.15, 0.2) is 0 Å². The highest BCUT2D eigenvalue weighted by Gasteiger charge is 2.20. The lowest BCUT2D eigenvalue weighted by molar-refractivity contribution is 0.416. The molecule has 0 spiro atoms. The lowest BCUT2D eigenvalue weighted by Crippen LogP contribution is -2.18. The lowest BCUT2D eigenvalue weighted by atomic mass is 10.3. The maximum atomic E-state index is 12.6. The van der Waals surface area contributed by atoms with E-state index < -0.39 is 20.0 Å². The van der Waals surface area contributed by atoms with Crippen LogP contribution in [0.2, 0.25) is 5.02 Å². The van der Waals surface area contributed by atoms with E-state index >= 15 is 0 Å². The summed E-state index contributed by atoms with van der Waals surface area (Å²) in [5.74, 6) is 0.117. The van der Waals surface area contributed by atoms with Crippen LogP contribution in [-0.2, 0) is 20.0 Å². The second kappa shape index (κ2) is 8.15. The number of anilines is 2. The van der Waals surface area contributed by atoms with E-state index in [0.717, 1.165) is 0 Å². The SMILES string of the molecule is CCCS(=O)(=O)Nc1cc(S(=O)(=O)Nc2ccccc2Cl)ccc1OC. The highest BCUT2D eigenvalue weighted by Crippen LogP contribution is 2.30. The minimum absolute atomic E-state index is 0.0444. The zero-order chi connectivity index (χ0) is 19.4. The fourth-order valence-electron chi connectivity index (χ4n) is 2.17. The first-order valence-corrected chi connectivity index (χ1v) is 11.2. The van der Waals surface area contributed by atoms with Crippen molar-refractivity contribution < 1.29 is 21.6 Å². The number of nitrogens with one attached hydrogen (secondary N) is 2. The summed E-state index contributed by atoms with van der Waals surface area (Å²) in [7, 11) is -6.22. The Morgan fingerprint density at radius 3 is 2.31 bits per heavy atom. The summed E-state index contributed by atoms with van der Waals surface area (Å²) in [5.41, 5.74) is 0.265. The third-order valence-corrected chi connectivity index (χ3v) is 6.51. The van der Waals surface area contributed by atoms with Gasteiger partial charge in [-0.25, -0.2) is 16.8 Å². The van der Waals surface area contributed by atoms with Gasteiger partial charge < -0.3 is 4.74 Å². The van der Waals surface area contributed by atoms with E-state index in [1.165, 1.54) is 31.4 Å². The largest absolute Gasteiger partial charge is 0.495 e. The van der Waals surface area contributed by atoms with Crippen LogP contribution in [0.15, 0.2) is 47.4 Å². The van der Waals surface area contributed by atoms with Crippen LogP contribution in [0.5, 0.6) is 5.75 Å². The molecule has 142 valence electrons. The molecule has 2 rings (SSSR count). The zero-order valence-electron chi connectivity index (χ0n) is 14.2. The number of para-hydroxylation sites is 1. The first kappa shape index (κ1) is 20.3. The lowest BCUT2D eigenvalue weighted by Gasteiger charge is -2.14. The van der Waals surface area contributed by atoms with E-state index in [1.54, 1.807) is 25.1 Å². The molecule has 0 saturated heterocycles. The molecular formula is C16H19ClN2O5S2. The number of halogens is 1. The molecule has 0 aliphatic carbocycles. The summed E-state index contributed by atoms with van der Waals surface area (Å²) >= 11 is 5.98. The Balaban J connectivity index is 2.40. The second-order valence-corrected chi connectivity index (χ2v) is 9.30. The van der Waals surface area contributed by atoms with Crippen molar-refractivity contribution in [2.24, 2.45) is 0 Å². The predicted molar refractivity (Wildman–Crippen MR) is 103 cm³/mol. The summed E-state index contributed by atoms with van der Waals surface area (Å²) in [6.45, 7) is 1.73. The van der Waals surface area contributed by atoms with E-state index in [0.29, 0.717) is 6.42 Å². The van der Waals surface area contributed by atoms with Gasteiger partial charge in [-0.3, -0.25) is 9.44 Å². The molecule has 2 aromatic carbocycles. The van der Waals surface area contributed by atoms with Crippen molar-refractivity contribution in [1.82, 2.24) is 0 Å². The van der Waals surface area contributed by atoms with E-state index in [2.05, 4.69) is 9.44 Å². The number of hydrogen-bond donors (Lipinski definition) is 2. The molecular weight excluding hydrogens is 400 g/mol. The van der Waals surface area contributed by atoms with Gasteiger partial charge in [0.1, 0.15) is 5.75 Å². The van der Waals surface area contributed by atoms with Gasteiger partial charge in [0.2, 0.25) is 10.0 Å². The molecule has 0 aromatic heterocycles. The maximum Gasteiger partial charge on any atom is 0.262 e. The molecule has 0 aliphatic rings. The number of benzene rings is 2. The summed E-state index contributed by atoms with van der Waals surface area (Å²) in [4.78, 5) is -0.132. The Morgan fingerprint density at radius 1 is 1.00 bits per heavy atom. The number of methoxy groups -OCH3 is 1. The quantitative estimate of drug-likeness (QED) is 0.684. The minimum atomic E-state index is -3.98. The topological polar surface area (TPSA) is 102 Å². The van der Waals surface area contributed by atoms with Crippen molar-refractivity contribution in [1.29, 1.82) is 0 Å². The summed E-state index contributed by atoms with van der Waals surface area (Å²) < 4.78 is 59.1. The fraction of sp³-hybridized carbons (Fsp3) is 0.250. The molecule has 0 aliphatic heterocycles. The van der Waals surface area contributed by atoms with Gasteiger partial charge in [0.25, 0.3) is 10.0 Å². The predicted octanol–water partition coefficient (Wildman–Crippen LogP) is 3.30. The minimum Gasteiger partial charge on any atom is -0.495 e. The highest BCUT2D eigenvalue weighted by atomic mass is 35.5. The molecule has 26 heavy (non-hydrogen) atoms. The van der Waals surface area contributed by atoms with Crippen LogP contribution >= 0.6 is 11.6 Å². The molecule has 0 radical (unpaired) electrons. The van der Waals surface area contributed by atoms with Gasteiger partial charge in [-0.15, -0.1) is 0 Å². The van der Waals surface area contributed by atoms with E-state index in [4.69, 9.17) is 16.3 Å². The van der Waals surface area contributed by atoms with Gasteiger partial charge in [-0.1, -0.05) is 30.7 Å². The van der Waals surface area contributed by atoms with Gasteiger partial charge >= 0.3 is 0 Å². The molecule has 0 amide bonds. The van der Waals surface area contributed by atoms with Crippen molar-refractivity contribution in [3.63, 3.8) is 0 Å². The van der Waals surface area contributed by atoms with Crippen molar-refractivity contribution in [2.75, 3.05) is 22.3 Å². The Hall–Kier alpha value is -1.97. The third-order valence-electron chi connectivity index (χ3n) is 3.34. The number of sulfonamides is 2. The number of ether oxygens (including phenoxy) is 1. The summed E-state index contributed by atoms with van der Waals surface area (Å²) in [6.07, 6.45) is 0.420. The summed E-state index contributed by atoms with van der Waals surface area (Å²) in [6, 6.07) is 10.3. The van der Waals surface area contributed by atoms with E-state index in [9.17, 15) is 16.8 Å². The Morgan fingerprint density at radius 2 is 1.69 bits per heavy atom. The Bertz CT molecular complexity index is 991. The number of rotatable bonds is 8. The van der Waals surface area contributed by atoms with E-state index in [-0.39, 0.29) is 32.8 Å². The first-order valence-electron chi connectivity index (χ1n) is 7.64. The normalized spacial score (nSPS) is 11.8. The van der Waals surface area contributed by atoms with Crippen LogP contribution < -0.4 is 14.2 Å². The molecule has 0 bridgehead atoms. The Kier molecular flexibility index (Phi) is 6.38. The smallest absolute Gasteiger partial charge is 0.262 e. The molecule has 7 nitrogen and oxygen atoms in total. The monoisotopic (exact) mass is 418 g/mol. The van der Waals surface area contributed by atoms with Crippen LogP contribution in [0.3, 0.4) is 0 Å². The molecule has 2 N–H and O–H groups in total. The van der Waals surface area contributed by atoms with Gasteiger partial charge in [0.05, 0.1) is 34.2 Å². The zero-order valence-corrected chi connectivity index (χ0v) is 16.6. The summed E-state index contributed by atoms with van der Waals surface area (Å²) in [5, 5.41) is 0.244. The average molecular weight is 419 g/mol. The van der Waals surface area contributed by atoms with Crippen molar-refractivity contribution in [2.45, 2.75) is 18.2 Å². The number of hydrogen-bond acceptors (Lipinski definition) is 5. The average Bonchev–Trinajstić information content (AvgIpc) is 2.56. The van der Waals surface area contributed by atoms with Gasteiger partial charge in [0, 0.05) is 0 Å². The van der Waals surface area contributed by atoms with Crippen molar-refractivity contribution >= 4 is 43.0 Å². The first-order chi connectivity index (χ1) is 12.2. The maximum absolute atomic E-state index is 12.6. The molecule has 0 unspecified atom stereocenters. The Labute approximate surface area is 158 Å². The molecule has 10 heteroatoms. The molecule has 0 heterocycles.